The van der Waals surface area contributed by atoms with Crippen LogP contribution in [0.2, 0.25) is 0 Å². The number of hydrogen-bond donors (Lipinski definition) is 2. The van der Waals surface area contributed by atoms with Crippen molar-refractivity contribution in [1.82, 2.24) is 10.2 Å². The largest absolute Gasteiger partial charge is 0.478 e. The van der Waals surface area contributed by atoms with E-state index in [1.807, 2.05) is 6.07 Å². The lowest BCUT2D eigenvalue weighted by Crippen LogP contribution is -2.43. The lowest BCUT2D eigenvalue weighted by molar-refractivity contribution is -0.133. The van der Waals surface area contributed by atoms with E-state index in [0.29, 0.717) is 0 Å². The van der Waals surface area contributed by atoms with E-state index in [1.165, 1.54) is 0 Å². The quantitative estimate of drug-likeness (QED) is 0.797. The third-order valence-corrected chi connectivity index (χ3v) is 2.97. The molecule has 7 heteroatoms. The van der Waals surface area contributed by atoms with E-state index in [-0.39, 0.29) is 18.7 Å². The standard InChI is InChI=1S/C14H14N2O5/c1-9(13(18)19)12-15-11(17)7-16(12)14(20)21-8-10-5-3-2-4-6-10/h2-6,12H,1,7-8H2,(H,15,17)(H,18,19). The van der Waals surface area contributed by atoms with Crippen LogP contribution in [0.1, 0.15) is 5.56 Å². The molecule has 1 heterocycles. The molecule has 2 rings (SSSR count). The van der Waals surface area contributed by atoms with E-state index in [0.717, 1.165) is 10.5 Å². The van der Waals surface area contributed by atoms with Crippen LogP contribution in [0.15, 0.2) is 42.5 Å². The molecule has 7 nitrogen and oxygen atoms in total. The first-order valence-corrected chi connectivity index (χ1v) is 6.18. The number of aliphatic carboxylic acids is 1. The summed E-state index contributed by atoms with van der Waals surface area (Å²) in [6, 6.07) is 9.02. The summed E-state index contributed by atoms with van der Waals surface area (Å²) in [5.41, 5.74) is 0.496. The number of carboxylic acid groups (broad SMARTS) is 1. The number of nitrogens with zero attached hydrogens (tertiary/aromatic N) is 1. The molecule has 1 aromatic rings. The van der Waals surface area contributed by atoms with E-state index in [4.69, 9.17) is 9.84 Å². The molecule has 2 amide bonds. The van der Waals surface area contributed by atoms with Gasteiger partial charge in [0.15, 0.2) is 0 Å². The van der Waals surface area contributed by atoms with Crippen molar-refractivity contribution >= 4 is 18.0 Å². The number of ether oxygens (including phenoxy) is 1. The second kappa shape index (κ2) is 6.08. The van der Waals surface area contributed by atoms with Gasteiger partial charge >= 0.3 is 12.1 Å². The van der Waals surface area contributed by atoms with Crippen molar-refractivity contribution in [2.24, 2.45) is 0 Å². The molecule has 1 saturated heterocycles. The SMILES string of the molecule is C=C(C(=O)O)C1NC(=O)CN1C(=O)OCc1ccccc1. The maximum absolute atomic E-state index is 12.0. The molecule has 1 unspecified atom stereocenters. The molecule has 1 aromatic carbocycles. The lowest BCUT2D eigenvalue weighted by atomic mass is 10.2. The molecule has 2 N–H and O–H groups in total. The molecule has 21 heavy (non-hydrogen) atoms. The number of hydrogen-bond acceptors (Lipinski definition) is 4. The van der Waals surface area contributed by atoms with Crippen molar-refractivity contribution in [2.45, 2.75) is 12.8 Å². The van der Waals surface area contributed by atoms with Crippen molar-refractivity contribution in [3.8, 4) is 0 Å². The van der Waals surface area contributed by atoms with Gasteiger partial charge < -0.3 is 15.2 Å². The van der Waals surface area contributed by atoms with Crippen molar-refractivity contribution < 1.29 is 24.2 Å². The number of carbonyl (C=O) groups is 3. The van der Waals surface area contributed by atoms with E-state index < -0.39 is 24.1 Å². The minimum Gasteiger partial charge on any atom is -0.478 e. The molecule has 0 saturated carbocycles. The summed E-state index contributed by atoms with van der Waals surface area (Å²) >= 11 is 0. The average molecular weight is 290 g/mol. The molecular weight excluding hydrogens is 276 g/mol. The summed E-state index contributed by atoms with van der Waals surface area (Å²) in [6.45, 7) is 3.14. The van der Waals surface area contributed by atoms with Gasteiger partial charge in [-0.25, -0.2) is 9.59 Å². The minimum atomic E-state index is -1.29. The second-order valence-corrected chi connectivity index (χ2v) is 4.47. The van der Waals surface area contributed by atoms with Gasteiger partial charge in [-0.1, -0.05) is 36.9 Å². The van der Waals surface area contributed by atoms with Crippen LogP contribution < -0.4 is 5.32 Å². The van der Waals surface area contributed by atoms with Crippen LogP contribution in [0.25, 0.3) is 0 Å². The Morgan fingerprint density at radius 1 is 1.38 bits per heavy atom. The van der Waals surface area contributed by atoms with E-state index in [1.54, 1.807) is 24.3 Å². The zero-order valence-corrected chi connectivity index (χ0v) is 11.1. The van der Waals surface area contributed by atoms with E-state index >= 15 is 0 Å². The Kier molecular flexibility index (Phi) is 4.22. The fourth-order valence-corrected chi connectivity index (χ4v) is 1.89. The Balaban J connectivity index is 2.01. The number of rotatable bonds is 4. The number of benzene rings is 1. The number of carboxylic acids is 1. The first kappa shape index (κ1) is 14.6. The second-order valence-electron chi connectivity index (χ2n) is 4.47. The smallest absolute Gasteiger partial charge is 0.412 e. The molecule has 1 fully saturated rings. The van der Waals surface area contributed by atoms with Crippen molar-refractivity contribution in [3.63, 3.8) is 0 Å². The summed E-state index contributed by atoms with van der Waals surface area (Å²) in [4.78, 5) is 35.3. The molecule has 1 aliphatic heterocycles. The van der Waals surface area contributed by atoms with E-state index in [2.05, 4.69) is 11.9 Å². The Morgan fingerprint density at radius 3 is 2.67 bits per heavy atom. The first-order chi connectivity index (χ1) is 9.99. The summed E-state index contributed by atoms with van der Waals surface area (Å²) in [5.74, 6) is -1.75. The molecular formula is C14H14N2O5. The van der Waals surface area contributed by atoms with Crippen molar-refractivity contribution in [2.75, 3.05) is 6.54 Å². The maximum atomic E-state index is 12.0. The van der Waals surface area contributed by atoms with Crippen molar-refractivity contribution in [3.05, 3.63) is 48.0 Å². The normalized spacial score (nSPS) is 17.2. The van der Waals surface area contributed by atoms with Crippen molar-refractivity contribution in [1.29, 1.82) is 0 Å². The summed E-state index contributed by atoms with van der Waals surface area (Å²) in [5, 5.41) is 11.3. The van der Waals surface area contributed by atoms with Crippen LogP contribution in [0.3, 0.4) is 0 Å². The highest BCUT2D eigenvalue weighted by Gasteiger charge is 2.38. The Bertz CT molecular complexity index is 584. The molecule has 0 spiro atoms. The van der Waals surface area contributed by atoms with Gasteiger partial charge in [-0.3, -0.25) is 9.69 Å². The molecule has 0 bridgehead atoms. The van der Waals surface area contributed by atoms with Gasteiger partial charge in [0.25, 0.3) is 0 Å². The number of amides is 2. The first-order valence-electron chi connectivity index (χ1n) is 6.18. The highest BCUT2D eigenvalue weighted by molar-refractivity contribution is 5.93. The predicted molar refractivity (Wildman–Crippen MR) is 72.0 cm³/mol. The fraction of sp³-hybridized carbons (Fsp3) is 0.214. The zero-order valence-electron chi connectivity index (χ0n) is 11.1. The Morgan fingerprint density at radius 2 is 2.05 bits per heavy atom. The van der Waals surface area contributed by atoms with Crippen LogP contribution in [-0.4, -0.2) is 40.7 Å². The Labute approximate surface area is 120 Å². The number of carbonyl (C=O) groups excluding carboxylic acids is 2. The molecule has 0 aromatic heterocycles. The molecule has 0 radical (unpaired) electrons. The third kappa shape index (κ3) is 3.38. The Hall–Kier alpha value is -2.83. The predicted octanol–water partition coefficient (Wildman–Crippen LogP) is 0.722. The lowest BCUT2D eigenvalue weighted by Gasteiger charge is -2.22. The van der Waals surface area contributed by atoms with Gasteiger partial charge in [-0.05, 0) is 5.56 Å². The third-order valence-electron chi connectivity index (χ3n) is 2.97. The summed E-state index contributed by atoms with van der Waals surface area (Å²) in [7, 11) is 0. The summed E-state index contributed by atoms with van der Waals surface area (Å²) < 4.78 is 5.08. The van der Waals surface area contributed by atoms with Crippen LogP contribution in [0.5, 0.6) is 0 Å². The van der Waals surface area contributed by atoms with Crippen LogP contribution in [0.4, 0.5) is 4.79 Å². The maximum Gasteiger partial charge on any atom is 0.412 e. The molecule has 1 aliphatic rings. The van der Waals surface area contributed by atoms with Gasteiger partial charge in [0.1, 0.15) is 19.3 Å². The molecule has 0 aliphatic carbocycles. The van der Waals surface area contributed by atoms with Crippen LogP contribution >= 0.6 is 0 Å². The highest BCUT2D eigenvalue weighted by Crippen LogP contribution is 2.14. The average Bonchev–Trinajstić information content (AvgIpc) is 2.87. The monoisotopic (exact) mass is 290 g/mol. The highest BCUT2D eigenvalue weighted by atomic mass is 16.6. The van der Waals surface area contributed by atoms with Gasteiger partial charge in [0.05, 0.1) is 5.57 Å². The van der Waals surface area contributed by atoms with Gasteiger partial charge in [-0.15, -0.1) is 0 Å². The van der Waals surface area contributed by atoms with Crippen LogP contribution in [-0.2, 0) is 20.9 Å². The molecule has 110 valence electrons. The van der Waals surface area contributed by atoms with Gasteiger partial charge in [0, 0.05) is 0 Å². The van der Waals surface area contributed by atoms with Crippen LogP contribution in [0, 0.1) is 0 Å². The summed E-state index contributed by atoms with van der Waals surface area (Å²) in [6.07, 6.45) is -1.86. The topological polar surface area (TPSA) is 95.9 Å². The van der Waals surface area contributed by atoms with E-state index in [9.17, 15) is 14.4 Å². The zero-order chi connectivity index (χ0) is 15.4. The number of nitrogens with one attached hydrogen (secondary N) is 1. The van der Waals surface area contributed by atoms with Gasteiger partial charge in [0.2, 0.25) is 5.91 Å². The fourth-order valence-electron chi connectivity index (χ4n) is 1.89. The minimum absolute atomic E-state index is 0.0383. The van der Waals surface area contributed by atoms with Gasteiger partial charge in [-0.2, -0.15) is 0 Å². The molecule has 1 atom stereocenters.